The Balaban J connectivity index is 3.91. The minimum atomic E-state index is -0.892. The van der Waals surface area contributed by atoms with Crippen LogP contribution in [0.2, 0.25) is 0 Å². The lowest BCUT2D eigenvalue weighted by atomic mass is 9.95. The molecule has 1 atom stereocenters. The summed E-state index contributed by atoms with van der Waals surface area (Å²) in [6.45, 7) is 8.24. The number of rotatable bonds is 9. The Bertz CT molecular complexity index is 327. The fraction of sp³-hybridized carbons (Fsp3) is 0.688. The zero-order chi connectivity index (χ0) is 14.9. The first-order valence-corrected chi connectivity index (χ1v) is 6.90. The molecule has 19 heavy (non-hydrogen) atoms. The molecule has 0 fully saturated rings. The molecule has 3 nitrogen and oxygen atoms in total. The molecule has 110 valence electrons. The molecule has 1 N–H and O–H groups in total. The van der Waals surface area contributed by atoms with Crippen molar-refractivity contribution in [1.29, 1.82) is 0 Å². The van der Waals surface area contributed by atoms with E-state index in [9.17, 15) is 4.79 Å². The van der Waals surface area contributed by atoms with Crippen molar-refractivity contribution in [1.82, 2.24) is 0 Å². The van der Waals surface area contributed by atoms with Crippen LogP contribution < -0.4 is 0 Å². The molecule has 0 aromatic carbocycles. The van der Waals surface area contributed by atoms with Gasteiger partial charge in [-0.05, 0) is 45.1 Å². The number of carboxylic acids is 1. The summed E-state index contributed by atoms with van der Waals surface area (Å²) in [6.07, 6.45) is 9.53. The van der Waals surface area contributed by atoms with Gasteiger partial charge in [-0.2, -0.15) is 0 Å². The lowest BCUT2D eigenvalue weighted by Gasteiger charge is -2.23. The maximum atomic E-state index is 10.4. The molecule has 0 spiro atoms. The third-order valence-corrected chi connectivity index (χ3v) is 3.30. The summed E-state index contributed by atoms with van der Waals surface area (Å²) in [5.41, 5.74) is 0.747. The highest BCUT2D eigenvalue weighted by Crippen LogP contribution is 2.20. The quantitative estimate of drug-likeness (QED) is 0.503. The first-order chi connectivity index (χ1) is 8.76. The summed E-state index contributed by atoms with van der Waals surface area (Å²) < 4.78 is 5.39. The van der Waals surface area contributed by atoms with Crippen LogP contribution in [0.5, 0.6) is 0 Å². The third-order valence-electron chi connectivity index (χ3n) is 3.30. The molecule has 0 aliphatic rings. The second-order valence-electron chi connectivity index (χ2n) is 5.83. The summed E-state index contributed by atoms with van der Waals surface area (Å²) in [6, 6.07) is 0. The number of carbonyl (C=O) groups is 1. The van der Waals surface area contributed by atoms with E-state index in [1.807, 2.05) is 6.08 Å². The first-order valence-electron chi connectivity index (χ1n) is 6.90. The second-order valence-corrected chi connectivity index (χ2v) is 5.83. The minimum absolute atomic E-state index is 0.0314. The van der Waals surface area contributed by atoms with E-state index in [4.69, 9.17) is 9.84 Å². The Hall–Kier alpha value is -1.09. The van der Waals surface area contributed by atoms with Crippen molar-refractivity contribution in [2.75, 3.05) is 7.11 Å². The molecule has 0 saturated heterocycles. The van der Waals surface area contributed by atoms with E-state index in [-0.39, 0.29) is 5.60 Å². The van der Waals surface area contributed by atoms with Crippen molar-refractivity contribution in [3.05, 3.63) is 23.8 Å². The van der Waals surface area contributed by atoms with E-state index in [0.29, 0.717) is 5.92 Å². The molecule has 0 rings (SSSR count). The maximum Gasteiger partial charge on any atom is 0.328 e. The minimum Gasteiger partial charge on any atom is -0.478 e. The molecule has 0 amide bonds. The highest BCUT2D eigenvalue weighted by Gasteiger charge is 2.15. The molecule has 0 saturated carbocycles. The smallest absolute Gasteiger partial charge is 0.328 e. The predicted octanol–water partition coefficient (Wildman–Crippen LogP) is 4.20. The largest absolute Gasteiger partial charge is 0.478 e. The van der Waals surface area contributed by atoms with Crippen LogP contribution >= 0.6 is 0 Å². The van der Waals surface area contributed by atoms with E-state index < -0.39 is 5.97 Å². The van der Waals surface area contributed by atoms with Crippen LogP contribution in [0.15, 0.2) is 23.8 Å². The fourth-order valence-corrected chi connectivity index (χ4v) is 1.83. The van der Waals surface area contributed by atoms with Crippen LogP contribution in [0.4, 0.5) is 0 Å². The van der Waals surface area contributed by atoms with Gasteiger partial charge in [0.25, 0.3) is 0 Å². The monoisotopic (exact) mass is 268 g/mol. The van der Waals surface area contributed by atoms with Gasteiger partial charge in [0.1, 0.15) is 0 Å². The van der Waals surface area contributed by atoms with Crippen LogP contribution in [0, 0.1) is 5.92 Å². The van der Waals surface area contributed by atoms with Crippen molar-refractivity contribution >= 4 is 5.97 Å². The van der Waals surface area contributed by atoms with Gasteiger partial charge < -0.3 is 9.84 Å². The summed E-state index contributed by atoms with van der Waals surface area (Å²) in [5.74, 6) is -0.279. The van der Waals surface area contributed by atoms with Crippen LogP contribution in [0.3, 0.4) is 0 Å². The average Bonchev–Trinajstić information content (AvgIpc) is 2.27. The molecule has 3 heteroatoms. The standard InChI is InChI=1S/C16H28O3/c1-13(10-7-11-16(3,4)19-5)8-6-9-14(2)12-15(17)18/h6,9,12-13H,7-8,10-11H2,1-5H3,(H,17,18)/b9-6-,14-12+/t13-/m1/s1. The van der Waals surface area contributed by atoms with Crippen LogP contribution in [-0.4, -0.2) is 23.8 Å². The average molecular weight is 268 g/mol. The Kier molecular flexibility index (Phi) is 8.41. The summed E-state index contributed by atoms with van der Waals surface area (Å²) in [4.78, 5) is 10.4. The Morgan fingerprint density at radius 1 is 1.42 bits per heavy atom. The van der Waals surface area contributed by atoms with Gasteiger partial charge in [0.15, 0.2) is 0 Å². The maximum absolute atomic E-state index is 10.4. The molecule has 0 heterocycles. The van der Waals surface area contributed by atoms with Crippen molar-refractivity contribution in [2.24, 2.45) is 5.92 Å². The molecule has 0 unspecified atom stereocenters. The van der Waals surface area contributed by atoms with Crippen molar-refractivity contribution in [3.63, 3.8) is 0 Å². The van der Waals surface area contributed by atoms with Gasteiger partial charge >= 0.3 is 5.97 Å². The summed E-state index contributed by atoms with van der Waals surface area (Å²) in [5, 5.41) is 8.59. The number of ether oxygens (including phenoxy) is 1. The van der Waals surface area contributed by atoms with Crippen molar-refractivity contribution in [3.8, 4) is 0 Å². The van der Waals surface area contributed by atoms with Crippen LogP contribution in [0.1, 0.15) is 53.4 Å². The van der Waals surface area contributed by atoms with Crippen molar-refractivity contribution < 1.29 is 14.6 Å². The topological polar surface area (TPSA) is 46.5 Å². The van der Waals surface area contributed by atoms with Crippen molar-refractivity contribution in [2.45, 2.75) is 59.0 Å². The molecule has 0 bridgehead atoms. The molecular weight excluding hydrogens is 240 g/mol. The van der Waals surface area contributed by atoms with E-state index in [0.717, 1.165) is 24.8 Å². The number of hydrogen-bond donors (Lipinski definition) is 1. The summed E-state index contributed by atoms with van der Waals surface area (Å²) >= 11 is 0. The lowest BCUT2D eigenvalue weighted by Crippen LogP contribution is -2.22. The van der Waals surface area contributed by atoms with Gasteiger partial charge in [-0.25, -0.2) is 4.79 Å². The van der Waals surface area contributed by atoms with E-state index in [2.05, 4.69) is 26.8 Å². The summed E-state index contributed by atoms with van der Waals surface area (Å²) in [7, 11) is 1.75. The highest BCUT2D eigenvalue weighted by molar-refractivity contribution is 5.81. The molecular formula is C16H28O3. The molecule has 0 aliphatic carbocycles. The molecule has 0 aromatic rings. The van der Waals surface area contributed by atoms with Gasteiger partial charge in [-0.1, -0.05) is 31.9 Å². The zero-order valence-electron chi connectivity index (χ0n) is 12.9. The fourth-order valence-electron chi connectivity index (χ4n) is 1.83. The van der Waals surface area contributed by atoms with Crippen LogP contribution in [-0.2, 0) is 9.53 Å². The Labute approximate surface area is 117 Å². The molecule has 0 radical (unpaired) electrons. The lowest BCUT2D eigenvalue weighted by molar-refractivity contribution is -0.131. The van der Waals surface area contributed by atoms with Gasteiger partial charge in [0.2, 0.25) is 0 Å². The SMILES string of the molecule is COC(C)(C)CCC[C@H](C)C/C=C\C(C)=C\C(=O)O. The molecule has 0 aliphatic heterocycles. The van der Waals surface area contributed by atoms with E-state index >= 15 is 0 Å². The van der Waals surface area contributed by atoms with Gasteiger partial charge in [0.05, 0.1) is 5.60 Å². The Morgan fingerprint density at radius 3 is 2.58 bits per heavy atom. The molecule has 0 aromatic heterocycles. The van der Waals surface area contributed by atoms with E-state index in [1.54, 1.807) is 14.0 Å². The number of aliphatic carboxylic acids is 1. The van der Waals surface area contributed by atoms with Gasteiger partial charge in [-0.3, -0.25) is 0 Å². The predicted molar refractivity (Wildman–Crippen MR) is 79.3 cm³/mol. The highest BCUT2D eigenvalue weighted by atomic mass is 16.5. The Morgan fingerprint density at radius 2 is 2.05 bits per heavy atom. The van der Waals surface area contributed by atoms with Gasteiger partial charge in [-0.15, -0.1) is 0 Å². The van der Waals surface area contributed by atoms with Gasteiger partial charge in [0, 0.05) is 13.2 Å². The third kappa shape index (κ3) is 10.5. The normalized spacial score (nSPS) is 14.9. The number of allylic oxidation sites excluding steroid dienone is 3. The zero-order valence-corrected chi connectivity index (χ0v) is 12.9. The first kappa shape index (κ1) is 17.9. The number of carboxylic acid groups (broad SMARTS) is 1. The van der Waals surface area contributed by atoms with E-state index in [1.165, 1.54) is 12.5 Å². The number of hydrogen-bond acceptors (Lipinski definition) is 2. The van der Waals surface area contributed by atoms with Crippen LogP contribution in [0.25, 0.3) is 0 Å². The number of methoxy groups -OCH3 is 1. The second kappa shape index (κ2) is 8.92.